The van der Waals surface area contributed by atoms with Crippen LogP contribution in [0.1, 0.15) is 30.4 Å². The van der Waals surface area contributed by atoms with Gasteiger partial charge in [-0.05, 0) is 50.6 Å². The van der Waals surface area contributed by atoms with Crippen LogP contribution in [0.3, 0.4) is 0 Å². The molecular formula is C16H24NO. The highest BCUT2D eigenvalue weighted by Gasteiger charge is 2.12. The molecule has 1 fully saturated rings. The lowest BCUT2D eigenvalue weighted by atomic mass is 9.97. The van der Waals surface area contributed by atoms with E-state index < -0.39 is 0 Å². The molecule has 0 aromatic heterocycles. The van der Waals surface area contributed by atoms with E-state index in [9.17, 15) is 0 Å². The van der Waals surface area contributed by atoms with Crippen molar-refractivity contribution in [2.45, 2.75) is 32.6 Å². The average Bonchev–Trinajstić information content (AvgIpc) is 2.40. The Bertz CT molecular complexity index is 345. The van der Waals surface area contributed by atoms with E-state index in [4.69, 9.17) is 4.74 Å². The van der Waals surface area contributed by atoms with Crippen LogP contribution in [0.5, 0.6) is 0 Å². The number of ether oxygens (including phenoxy) is 1. The van der Waals surface area contributed by atoms with Gasteiger partial charge in [-0.25, -0.2) is 0 Å². The van der Waals surface area contributed by atoms with Gasteiger partial charge in [0.25, 0.3) is 0 Å². The highest BCUT2D eigenvalue weighted by molar-refractivity contribution is 5.22. The first-order chi connectivity index (χ1) is 8.84. The van der Waals surface area contributed by atoms with Gasteiger partial charge < -0.3 is 10.1 Å². The maximum atomic E-state index is 5.74. The van der Waals surface area contributed by atoms with Crippen molar-refractivity contribution >= 4 is 0 Å². The molecule has 0 bridgehead atoms. The van der Waals surface area contributed by atoms with Gasteiger partial charge in [-0.2, -0.15) is 0 Å². The Morgan fingerprint density at radius 2 is 2.28 bits per heavy atom. The summed E-state index contributed by atoms with van der Waals surface area (Å²) < 4.78 is 5.74. The molecule has 2 rings (SSSR count). The predicted octanol–water partition coefficient (Wildman–Crippen LogP) is 3.11. The van der Waals surface area contributed by atoms with Crippen molar-refractivity contribution in [3.8, 4) is 0 Å². The average molecular weight is 246 g/mol. The molecule has 0 spiro atoms. The van der Waals surface area contributed by atoms with Crippen LogP contribution >= 0.6 is 0 Å². The highest BCUT2D eigenvalue weighted by Crippen LogP contribution is 2.15. The standard InChI is InChI=1S/C16H24NO/c1-14-4-2-5-15(12-14)7-10-18-11-8-16-6-3-9-17-13-16/h2,4-5,9,12,16-17H,3,6-8,10-11,13H2,1H3. The fraction of sp³-hybridized carbons (Fsp3) is 0.562. The number of hydrogen-bond acceptors (Lipinski definition) is 2. The summed E-state index contributed by atoms with van der Waals surface area (Å²) >= 11 is 0. The van der Waals surface area contributed by atoms with E-state index in [1.165, 1.54) is 30.4 Å². The van der Waals surface area contributed by atoms with Crippen molar-refractivity contribution in [1.29, 1.82) is 0 Å². The lowest BCUT2D eigenvalue weighted by molar-refractivity contribution is 0.119. The smallest absolute Gasteiger partial charge is 0.0506 e. The van der Waals surface area contributed by atoms with Gasteiger partial charge in [0.15, 0.2) is 0 Å². The zero-order chi connectivity index (χ0) is 12.6. The summed E-state index contributed by atoms with van der Waals surface area (Å²) in [7, 11) is 0. The summed E-state index contributed by atoms with van der Waals surface area (Å²) in [6.45, 7) is 7.18. The predicted molar refractivity (Wildman–Crippen MR) is 75.3 cm³/mol. The fourth-order valence-corrected chi connectivity index (χ4v) is 2.43. The van der Waals surface area contributed by atoms with E-state index in [1.807, 2.05) is 0 Å². The van der Waals surface area contributed by atoms with Gasteiger partial charge in [-0.15, -0.1) is 0 Å². The number of piperidine rings is 1. The van der Waals surface area contributed by atoms with Crippen LogP contribution in [0.4, 0.5) is 0 Å². The zero-order valence-corrected chi connectivity index (χ0v) is 11.3. The molecule has 1 radical (unpaired) electrons. The van der Waals surface area contributed by atoms with Crippen LogP contribution in [0.25, 0.3) is 0 Å². The van der Waals surface area contributed by atoms with Crippen molar-refractivity contribution in [2.75, 3.05) is 19.8 Å². The Kier molecular flexibility index (Phi) is 5.69. The quantitative estimate of drug-likeness (QED) is 0.779. The van der Waals surface area contributed by atoms with Crippen molar-refractivity contribution in [3.63, 3.8) is 0 Å². The molecule has 1 N–H and O–H groups in total. The van der Waals surface area contributed by atoms with Crippen LogP contribution in [0.15, 0.2) is 24.3 Å². The first-order valence-corrected chi connectivity index (χ1v) is 7.03. The number of rotatable bonds is 6. The minimum atomic E-state index is 0.800. The second-order valence-electron chi connectivity index (χ2n) is 5.20. The van der Waals surface area contributed by atoms with Gasteiger partial charge >= 0.3 is 0 Å². The number of nitrogens with one attached hydrogen (secondary N) is 1. The minimum Gasteiger partial charge on any atom is -0.381 e. The normalized spacial score (nSPS) is 19.9. The summed E-state index contributed by atoms with van der Waals surface area (Å²) in [6.07, 6.45) is 4.73. The zero-order valence-electron chi connectivity index (χ0n) is 11.3. The molecule has 1 unspecified atom stereocenters. The van der Waals surface area contributed by atoms with Gasteiger partial charge in [0, 0.05) is 13.2 Å². The molecule has 1 saturated heterocycles. The van der Waals surface area contributed by atoms with Crippen molar-refractivity contribution in [1.82, 2.24) is 5.32 Å². The van der Waals surface area contributed by atoms with E-state index in [0.29, 0.717) is 0 Å². The number of benzene rings is 1. The third-order valence-corrected chi connectivity index (χ3v) is 3.56. The molecule has 1 atom stereocenters. The SMILES string of the molecule is Cc1cccc(CCOCCC2CC[CH]NC2)c1. The number of hydrogen-bond donors (Lipinski definition) is 1. The largest absolute Gasteiger partial charge is 0.381 e. The second kappa shape index (κ2) is 7.55. The highest BCUT2D eigenvalue weighted by atomic mass is 16.5. The van der Waals surface area contributed by atoms with Gasteiger partial charge in [-0.3, -0.25) is 0 Å². The summed E-state index contributed by atoms with van der Waals surface area (Å²) in [6, 6.07) is 8.67. The first-order valence-electron chi connectivity index (χ1n) is 7.03. The topological polar surface area (TPSA) is 21.3 Å². The van der Waals surface area contributed by atoms with Gasteiger partial charge in [0.05, 0.1) is 6.61 Å². The Balaban J connectivity index is 1.55. The maximum absolute atomic E-state index is 5.74. The van der Waals surface area contributed by atoms with E-state index >= 15 is 0 Å². The summed E-state index contributed by atoms with van der Waals surface area (Å²) in [5.74, 6) is 0.800. The molecule has 0 aliphatic carbocycles. The van der Waals surface area contributed by atoms with Crippen LogP contribution in [0.2, 0.25) is 0 Å². The lowest BCUT2D eigenvalue weighted by Crippen LogP contribution is -2.27. The maximum Gasteiger partial charge on any atom is 0.0506 e. The van der Waals surface area contributed by atoms with Crippen LogP contribution in [-0.2, 0) is 11.2 Å². The van der Waals surface area contributed by atoms with E-state index in [-0.39, 0.29) is 0 Å². The minimum absolute atomic E-state index is 0.800. The Morgan fingerprint density at radius 3 is 3.06 bits per heavy atom. The van der Waals surface area contributed by atoms with E-state index in [1.54, 1.807) is 0 Å². The first kappa shape index (κ1) is 13.6. The molecule has 2 nitrogen and oxygen atoms in total. The molecule has 0 amide bonds. The Morgan fingerprint density at radius 1 is 1.33 bits per heavy atom. The molecular weight excluding hydrogens is 222 g/mol. The monoisotopic (exact) mass is 246 g/mol. The van der Waals surface area contributed by atoms with E-state index in [0.717, 1.165) is 32.1 Å². The lowest BCUT2D eigenvalue weighted by Gasteiger charge is -2.22. The fourth-order valence-electron chi connectivity index (χ4n) is 2.43. The molecule has 1 heterocycles. The molecule has 99 valence electrons. The second-order valence-corrected chi connectivity index (χ2v) is 5.20. The Hall–Kier alpha value is -0.860. The van der Waals surface area contributed by atoms with Gasteiger partial charge in [-0.1, -0.05) is 29.8 Å². The summed E-state index contributed by atoms with van der Waals surface area (Å²) in [4.78, 5) is 0. The van der Waals surface area contributed by atoms with Crippen LogP contribution in [-0.4, -0.2) is 19.8 Å². The molecule has 1 aliphatic heterocycles. The van der Waals surface area contributed by atoms with Crippen LogP contribution < -0.4 is 5.32 Å². The van der Waals surface area contributed by atoms with Gasteiger partial charge in [0.1, 0.15) is 0 Å². The summed E-state index contributed by atoms with van der Waals surface area (Å²) in [5, 5.41) is 3.33. The van der Waals surface area contributed by atoms with E-state index in [2.05, 4.69) is 43.1 Å². The molecule has 1 aliphatic rings. The third kappa shape index (κ3) is 4.79. The number of aryl methyl sites for hydroxylation is 1. The molecule has 1 aromatic rings. The Labute approximate surface area is 111 Å². The van der Waals surface area contributed by atoms with Crippen LogP contribution in [0, 0.1) is 19.4 Å². The summed E-state index contributed by atoms with van der Waals surface area (Å²) in [5.41, 5.74) is 2.71. The van der Waals surface area contributed by atoms with Crippen molar-refractivity contribution in [2.24, 2.45) is 5.92 Å². The van der Waals surface area contributed by atoms with Crippen molar-refractivity contribution in [3.05, 3.63) is 41.9 Å². The van der Waals surface area contributed by atoms with Crippen molar-refractivity contribution < 1.29 is 4.74 Å². The molecule has 1 aromatic carbocycles. The molecule has 18 heavy (non-hydrogen) atoms. The third-order valence-electron chi connectivity index (χ3n) is 3.56. The molecule has 2 heteroatoms. The molecule has 0 saturated carbocycles. The van der Waals surface area contributed by atoms with Gasteiger partial charge in [0.2, 0.25) is 0 Å².